The summed E-state index contributed by atoms with van der Waals surface area (Å²) in [5, 5.41) is 6.35. The molecule has 0 atom stereocenters. The smallest absolute Gasteiger partial charge is 0.336 e. The molecule has 0 unspecified atom stereocenters. The fourth-order valence-electron chi connectivity index (χ4n) is 2.30. The zero-order valence-electron chi connectivity index (χ0n) is 14.2. The van der Waals surface area contributed by atoms with E-state index in [0.717, 1.165) is 36.8 Å². The first-order valence-corrected chi connectivity index (χ1v) is 8.27. The maximum absolute atomic E-state index is 11.9. The van der Waals surface area contributed by atoms with Gasteiger partial charge in [0.05, 0.1) is 0 Å². The second-order valence-corrected chi connectivity index (χ2v) is 5.66. The van der Waals surface area contributed by atoms with Crippen LogP contribution in [-0.4, -0.2) is 25.8 Å². The summed E-state index contributed by atoms with van der Waals surface area (Å²) >= 11 is 0. The molecule has 2 amide bonds. The van der Waals surface area contributed by atoms with Crippen molar-refractivity contribution in [1.82, 2.24) is 5.32 Å². The number of unbranched alkanes of at least 4 members (excludes halogenated alkanes) is 1. The predicted octanol–water partition coefficient (Wildman–Crippen LogP) is 3.43. The van der Waals surface area contributed by atoms with E-state index < -0.39 is 5.63 Å². The standard InChI is InChI=1S/C18H24N2O4/c1-3-4-9-23-10-5-8-19-18(22)20-14-6-7-15-13(2)11-17(21)24-16(15)12-14/h6-7,11-12H,3-5,8-10H2,1-2H3,(H2,19,20,22). The van der Waals surface area contributed by atoms with E-state index in [4.69, 9.17) is 9.15 Å². The Kier molecular flexibility index (Phi) is 6.81. The van der Waals surface area contributed by atoms with Crippen LogP contribution < -0.4 is 16.3 Å². The van der Waals surface area contributed by atoms with E-state index in [2.05, 4.69) is 17.6 Å². The first kappa shape index (κ1) is 18.0. The molecule has 0 aliphatic rings. The molecule has 0 saturated heterocycles. The largest absolute Gasteiger partial charge is 0.423 e. The van der Waals surface area contributed by atoms with E-state index >= 15 is 0 Å². The van der Waals surface area contributed by atoms with Crippen molar-refractivity contribution in [3.63, 3.8) is 0 Å². The highest BCUT2D eigenvalue weighted by molar-refractivity contribution is 5.92. The second kappa shape index (κ2) is 9.08. The highest BCUT2D eigenvalue weighted by Gasteiger charge is 2.06. The third-order valence-corrected chi connectivity index (χ3v) is 3.60. The van der Waals surface area contributed by atoms with Gasteiger partial charge in [0.25, 0.3) is 0 Å². The molecule has 2 rings (SSSR count). The van der Waals surface area contributed by atoms with Crippen molar-refractivity contribution in [1.29, 1.82) is 0 Å². The number of carbonyl (C=O) groups excluding carboxylic acids is 1. The molecule has 2 aromatic rings. The van der Waals surface area contributed by atoms with Crippen LogP contribution in [0.3, 0.4) is 0 Å². The second-order valence-electron chi connectivity index (χ2n) is 5.66. The van der Waals surface area contributed by atoms with Crippen LogP contribution in [0.4, 0.5) is 10.5 Å². The minimum Gasteiger partial charge on any atom is -0.423 e. The minimum absolute atomic E-state index is 0.294. The molecule has 0 fully saturated rings. The summed E-state index contributed by atoms with van der Waals surface area (Å²) in [6.45, 7) is 5.92. The summed E-state index contributed by atoms with van der Waals surface area (Å²) in [6, 6.07) is 6.41. The Morgan fingerprint density at radius 2 is 2.00 bits per heavy atom. The number of anilines is 1. The number of hydrogen-bond acceptors (Lipinski definition) is 4. The van der Waals surface area contributed by atoms with E-state index in [0.29, 0.717) is 24.4 Å². The molecule has 130 valence electrons. The molecular weight excluding hydrogens is 308 g/mol. The molecule has 6 nitrogen and oxygen atoms in total. The quantitative estimate of drug-likeness (QED) is 0.573. The van der Waals surface area contributed by atoms with E-state index in [1.807, 2.05) is 13.0 Å². The lowest BCUT2D eigenvalue weighted by atomic mass is 10.1. The van der Waals surface area contributed by atoms with E-state index in [1.54, 1.807) is 12.1 Å². The summed E-state index contributed by atoms with van der Waals surface area (Å²) in [7, 11) is 0. The van der Waals surface area contributed by atoms with Gasteiger partial charge in [-0.1, -0.05) is 13.3 Å². The number of fused-ring (bicyclic) bond motifs is 1. The van der Waals surface area contributed by atoms with Crippen molar-refractivity contribution in [2.75, 3.05) is 25.1 Å². The lowest BCUT2D eigenvalue weighted by molar-refractivity contribution is 0.129. The fourth-order valence-corrected chi connectivity index (χ4v) is 2.30. The van der Waals surface area contributed by atoms with Gasteiger partial charge in [-0.15, -0.1) is 0 Å². The van der Waals surface area contributed by atoms with Crippen molar-refractivity contribution in [2.45, 2.75) is 33.1 Å². The summed E-state index contributed by atoms with van der Waals surface area (Å²) in [5.41, 5.74) is 1.49. The summed E-state index contributed by atoms with van der Waals surface area (Å²) < 4.78 is 10.6. The Morgan fingerprint density at radius 3 is 2.79 bits per heavy atom. The number of nitrogens with one attached hydrogen (secondary N) is 2. The molecule has 0 saturated carbocycles. The first-order chi connectivity index (χ1) is 11.6. The molecule has 0 aliphatic carbocycles. The average Bonchev–Trinajstić information content (AvgIpc) is 2.53. The van der Waals surface area contributed by atoms with Crippen molar-refractivity contribution >= 4 is 22.7 Å². The predicted molar refractivity (Wildman–Crippen MR) is 94.6 cm³/mol. The van der Waals surface area contributed by atoms with Gasteiger partial charge >= 0.3 is 11.7 Å². The van der Waals surface area contributed by atoms with Crippen LogP contribution in [-0.2, 0) is 4.74 Å². The molecule has 1 aromatic heterocycles. The zero-order chi connectivity index (χ0) is 17.4. The van der Waals surface area contributed by atoms with Crippen LogP contribution in [0.5, 0.6) is 0 Å². The third-order valence-electron chi connectivity index (χ3n) is 3.60. The average molecular weight is 332 g/mol. The fraction of sp³-hybridized carbons (Fsp3) is 0.444. The van der Waals surface area contributed by atoms with E-state index in [-0.39, 0.29) is 6.03 Å². The summed E-state index contributed by atoms with van der Waals surface area (Å²) in [6.07, 6.45) is 2.94. The lowest BCUT2D eigenvalue weighted by Gasteiger charge is -2.09. The van der Waals surface area contributed by atoms with Gasteiger partial charge in [-0.2, -0.15) is 0 Å². The number of urea groups is 1. The van der Waals surface area contributed by atoms with Crippen molar-refractivity contribution in [3.05, 3.63) is 40.2 Å². The summed E-state index contributed by atoms with van der Waals surface area (Å²) in [5.74, 6) is 0. The van der Waals surface area contributed by atoms with Gasteiger partial charge in [0, 0.05) is 43.0 Å². The Balaban J connectivity index is 1.81. The molecule has 0 radical (unpaired) electrons. The molecule has 1 heterocycles. The molecule has 24 heavy (non-hydrogen) atoms. The Bertz CT molecular complexity index is 739. The lowest BCUT2D eigenvalue weighted by Crippen LogP contribution is -2.30. The molecule has 2 N–H and O–H groups in total. The SMILES string of the molecule is CCCCOCCCNC(=O)Nc1ccc2c(C)cc(=O)oc2c1. The van der Waals surface area contributed by atoms with Crippen LogP contribution in [0.25, 0.3) is 11.0 Å². The Morgan fingerprint density at radius 1 is 1.21 bits per heavy atom. The van der Waals surface area contributed by atoms with Gasteiger partial charge in [-0.05, 0) is 37.5 Å². The van der Waals surface area contributed by atoms with Crippen molar-refractivity contribution < 1.29 is 13.9 Å². The van der Waals surface area contributed by atoms with Crippen LogP contribution >= 0.6 is 0 Å². The molecule has 0 spiro atoms. The zero-order valence-corrected chi connectivity index (χ0v) is 14.2. The monoisotopic (exact) mass is 332 g/mol. The minimum atomic E-state index is -0.398. The maximum Gasteiger partial charge on any atom is 0.336 e. The number of aryl methyl sites for hydroxylation is 1. The maximum atomic E-state index is 11.9. The first-order valence-electron chi connectivity index (χ1n) is 8.27. The number of rotatable bonds is 8. The van der Waals surface area contributed by atoms with Crippen LogP contribution in [0.1, 0.15) is 31.7 Å². The van der Waals surface area contributed by atoms with Crippen molar-refractivity contribution in [3.8, 4) is 0 Å². The van der Waals surface area contributed by atoms with E-state index in [9.17, 15) is 9.59 Å². The number of benzene rings is 1. The van der Waals surface area contributed by atoms with Gasteiger partial charge in [0.1, 0.15) is 5.58 Å². The van der Waals surface area contributed by atoms with Crippen LogP contribution in [0.2, 0.25) is 0 Å². The number of ether oxygens (including phenoxy) is 1. The van der Waals surface area contributed by atoms with E-state index in [1.165, 1.54) is 6.07 Å². The third kappa shape index (κ3) is 5.38. The Hall–Kier alpha value is -2.34. The number of hydrogen-bond donors (Lipinski definition) is 2. The van der Waals surface area contributed by atoms with Gasteiger partial charge in [-0.25, -0.2) is 9.59 Å². The van der Waals surface area contributed by atoms with Gasteiger partial charge in [-0.3, -0.25) is 0 Å². The molecule has 0 aliphatic heterocycles. The van der Waals surface area contributed by atoms with Crippen LogP contribution in [0.15, 0.2) is 33.5 Å². The molecule has 6 heteroatoms. The molecular formula is C18H24N2O4. The highest BCUT2D eigenvalue weighted by atomic mass is 16.5. The van der Waals surface area contributed by atoms with Gasteiger partial charge in [0.2, 0.25) is 0 Å². The molecule has 0 bridgehead atoms. The van der Waals surface area contributed by atoms with Gasteiger partial charge in [0.15, 0.2) is 0 Å². The number of amides is 2. The molecule has 1 aromatic carbocycles. The number of carbonyl (C=O) groups is 1. The topological polar surface area (TPSA) is 80.6 Å². The summed E-state index contributed by atoms with van der Waals surface area (Å²) in [4.78, 5) is 23.3. The van der Waals surface area contributed by atoms with Crippen molar-refractivity contribution in [2.24, 2.45) is 0 Å². The highest BCUT2D eigenvalue weighted by Crippen LogP contribution is 2.20. The normalized spacial score (nSPS) is 10.8. The van der Waals surface area contributed by atoms with Gasteiger partial charge < -0.3 is 19.8 Å². The van der Waals surface area contributed by atoms with Crippen LogP contribution in [0, 0.1) is 6.92 Å². The Labute approximate surface area is 141 Å².